The number of aliphatic carboxylic acids is 1. The number of nitrogens with zero attached hydrogens (tertiary/aromatic N) is 1. The van der Waals surface area contributed by atoms with Crippen LogP contribution in [0.15, 0.2) is 12.1 Å². The summed E-state index contributed by atoms with van der Waals surface area (Å²) in [6.45, 7) is 3.99. The Hall–Kier alpha value is -1.55. The first kappa shape index (κ1) is 14.5. The zero-order chi connectivity index (χ0) is 13.9. The van der Waals surface area contributed by atoms with Crippen molar-refractivity contribution in [2.45, 2.75) is 20.3 Å². The summed E-state index contributed by atoms with van der Waals surface area (Å²) in [5, 5.41) is 8.98. The van der Waals surface area contributed by atoms with E-state index in [1.807, 2.05) is 13.8 Å². The van der Waals surface area contributed by atoms with Crippen molar-refractivity contribution < 1.29 is 14.7 Å². The highest BCUT2D eigenvalue weighted by atomic mass is 35.5. The first-order chi connectivity index (χ1) is 8.32. The Kier molecular flexibility index (Phi) is 4.73. The molecular formula is C13H16ClNO3. The van der Waals surface area contributed by atoms with Crippen LogP contribution in [0.3, 0.4) is 0 Å². The van der Waals surface area contributed by atoms with E-state index in [0.29, 0.717) is 10.6 Å². The molecule has 0 aliphatic rings. The molecule has 5 heteroatoms. The summed E-state index contributed by atoms with van der Waals surface area (Å²) in [5.74, 6) is -1.19. The SMILES string of the molecule is Cc1cc(Cl)c(C(=O)N(C)CCC(=O)O)cc1C. The van der Waals surface area contributed by atoms with Crippen molar-refractivity contribution in [3.63, 3.8) is 0 Å². The largest absolute Gasteiger partial charge is 0.481 e. The molecule has 0 fully saturated rings. The van der Waals surface area contributed by atoms with Crippen LogP contribution in [0.25, 0.3) is 0 Å². The average molecular weight is 270 g/mol. The van der Waals surface area contributed by atoms with Crippen LogP contribution in [0.4, 0.5) is 0 Å². The molecule has 1 aromatic carbocycles. The lowest BCUT2D eigenvalue weighted by atomic mass is 10.1. The van der Waals surface area contributed by atoms with Crippen LogP contribution in [0.2, 0.25) is 5.02 Å². The highest BCUT2D eigenvalue weighted by molar-refractivity contribution is 6.33. The molecule has 1 amide bonds. The Morgan fingerprint density at radius 3 is 2.39 bits per heavy atom. The summed E-state index contributed by atoms with van der Waals surface area (Å²) in [7, 11) is 1.57. The number of amides is 1. The van der Waals surface area contributed by atoms with E-state index < -0.39 is 5.97 Å². The predicted octanol–water partition coefficient (Wildman–Crippen LogP) is 2.50. The van der Waals surface area contributed by atoms with Crippen molar-refractivity contribution in [2.75, 3.05) is 13.6 Å². The molecule has 0 aromatic heterocycles. The van der Waals surface area contributed by atoms with Gasteiger partial charge in [0.15, 0.2) is 0 Å². The lowest BCUT2D eigenvalue weighted by Crippen LogP contribution is -2.29. The van der Waals surface area contributed by atoms with Gasteiger partial charge in [-0.2, -0.15) is 0 Å². The topological polar surface area (TPSA) is 57.6 Å². The molecule has 0 spiro atoms. The Morgan fingerprint density at radius 1 is 1.28 bits per heavy atom. The summed E-state index contributed by atoms with van der Waals surface area (Å²) in [6, 6.07) is 3.48. The van der Waals surface area contributed by atoms with Crippen molar-refractivity contribution in [3.8, 4) is 0 Å². The Bertz CT molecular complexity index is 485. The number of carbonyl (C=O) groups is 2. The molecule has 0 atom stereocenters. The number of halogens is 1. The summed E-state index contributed by atoms with van der Waals surface area (Å²) in [5.41, 5.74) is 2.41. The molecule has 98 valence electrons. The van der Waals surface area contributed by atoms with E-state index in [4.69, 9.17) is 16.7 Å². The molecule has 0 saturated heterocycles. The van der Waals surface area contributed by atoms with Crippen molar-refractivity contribution >= 4 is 23.5 Å². The van der Waals surface area contributed by atoms with Crippen LogP contribution >= 0.6 is 11.6 Å². The van der Waals surface area contributed by atoms with E-state index >= 15 is 0 Å². The summed E-state index contributed by atoms with van der Waals surface area (Å²) in [6.07, 6.45) is -0.0787. The third kappa shape index (κ3) is 3.47. The first-order valence-corrected chi connectivity index (χ1v) is 5.94. The number of hydrogen-bond donors (Lipinski definition) is 1. The molecule has 0 aliphatic heterocycles. The molecule has 1 aromatic rings. The summed E-state index contributed by atoms with van der Waals surface area (Å²) >= 11 is 6.04. The van der Waals surface area contributed by atoms with Gasteiger partial charge in [0.25, 0.3) is 5.91 Å². The standard InChI is InChI=1S/C13H16ClNO3/c1-8-6-10(11(14)7-9(8)2)13(18)15(3)5-4-12(16)17/h6-7H,4-5H2,1-3H3,(H,16,17). The smallest absolute Gasteiger partial charge is 0.305 e. The molecule has 0 unspecified atom stereocenters. The quantitative estimate of drug-likeness (QED) is 0.914. The van der Waals surface area contributed by atoms with Gasteiger partial charge in [-0.25, -0.2) is 0 Å². The van der Waals surface area contributed by atoms with Gasteiger partial charge in [0.1, 0.15) is 0 Å². The van der Waals surface area contributed by atoms with Gasteiger partial charge < -0.3 is 10.0 Å². The van der Waals surface area contributed by atoms with Gasteiger partial charge in [-0.3, -0.25) is 9.59 Å². The molecule has 4 nitrogen and oxygen atoms in total. The maximum Gasteiger partial charge on any atom is 0.305 e. The van der Waals surface area contributed by atoms with Gasteiger partial charge >= 0.3 is 5.97 Å². The van der Waals surface area contributed by atoms with E-state index in [1.165, 1.54) is 4.90 Å². The third-order valence-corrected chi connectivity index (χ3v) is 3.13. The number of carbonyl (C=O) groups excluding carboxylic acids is 1. The van der Waals surface area contributed by atoms with Crippen LogP contribution < -0.4 is 0 Å². The van der Waals surface area contributed by atoms with Crippen LogP contribution in [0.1, 0.15) is 27.9 Å². The number of aryl methyl sites for hydroxylation is 2. The van der Waals surface area contributed by atoms with Gasteiger partial charge in [-0.15, -0.1) is 0 Å². The molecule has 1 rings (SSSR count). The first-order valence-electron chi connectivity index (χ1n) is 5.57. The number of rotatable bonds is 4. The Morgan fingerprint density at radius 2 is 1.83 bits per heavy atom. The zero-order valence-corrected chi connectivity index (χ0v) is 11.4. The molecular weight excluding hydrogens is 254 g/mol. The predicted molar refractivity (Wildman–Crippen MR) is 70.1 cm³/mol. The fourth-order valence-corrected chi connectivity index (χ4v) is 1.81. The van der Waals surface area contributed by atoms with Crippen molar-refractivity contribution in [1.82, 2.24) is 4.90 Å². The molecule has 18 heavy (non-hydrogen) atoms. The number of carboxylic acid groups (broad SMARTS) is 1. The lowest BCUT2D eigenvalue weighted by Gasteiger charge is -2.17. The minimum absolute atomic E-state index is 0.0787. The maximum atomic E-state index is 12.1. The van der Waals surface area contributed by atoms with Gasteiger partial charge in [0.2, 0.25) is 0 Å². The van der Waals surface area contributed by atoms with Crippen molar-refractivity contribution in [2.24, 2.45) is 0 Å². The van der Waals surface area contributed by atoms with E-state index in [0.717, 1.165) is 11.1 Å². The average Bonchev–Trinajstić information content (AvgIpc) is 2.29. The fraction of sp³-hybridized carbons (Fsp3) is 0.385. The molecule has 0 heterocycles. The molecule has 1 N–H and O–H groups in total. The number of benzene rings is 1. The summed E-state index contributed by atoms with van der Waals surface area (Å²) in [4.78, 5) is 23.9. The molecule has 0 bridgehead atoms. The van der Waals surface area contributed by atoms with Gasteiger partial charge in [-0.05, 0) is 37.1 Å². The minimum Gasteiger partial charge on any atom is -0.481 e. The van der Waals surface area contributed by atoms with Crippen LogP contribution in [0.5, 0.6) is 0 Å². The van der Waals surface area contributed by atoms with Crippen LogP contribution in [0, 0.1) is 13.8 Å². The van der Waals surface area contributed by atoms with Gasteiger partial charge in [0, 0.05) is 13.6 Å². The number of hydrogen-bond acceptors (Lipinski definition) is 2. The van der Waals surface area contributed by atoms with E-state index in [2.05, 4.69) is 0 Å². The Balaban J connectivity index is 2.90. The van der Waals surface area contributed by atoms with Crippen LogP contribution in [-0.2, 0) is 4.79 Å². The maximum absolute atomic E-state index is 12.1. The van der Waals surface area contributed by atoms with E-state index in [-0.39, 0.29) is 18.9 Å². The Labute approximate surface area is 111 Å². The second-order valence-corrected chi connectivity index (χ2v) is 4.69. The highest BCUT2D eigenvalue weighted by Crippen LogP contribution is 2.22. The second-order valence-electron chi connectivity index (χ2n) is 4.29. The number of carboxylic acids is 1. The van der Waals surface area contributed by atoms with Gasteiger partial charge in [0.05, 0.1) is 17.0 Å². The minimum atomic E-state index is -0.930. The zero-order valence-electron chi connectivity index (χ0n) is 10.7. The normalized spacial score (nSPS) is 10.2. The summed E-state index contributed by atoms with van der Waals surface area (Å²) < 4.78 is 0. The van der Waals surface area contributed by atoms with Crippen molar-refractivity contribution in [3.05, 3.63) is 33.8 Å². The van der Waals surface area contributed by atoms with E-state index in [9.17, 15) is 9.59 Å². The monoisotopic (exact) mass is 269 g/mol. The van der Waals surface area contributed by atoms with E-state index in [1.54, 1.807) is 19.2 Å². The third-order valence-electron chi connectivity index (χ3n) is 2.82. The van der Waals surface area contributed by atoms with Gasteiger partial charge in [-0.1, -0.05) is 11.6 Å². The highest BCUT2D eigenvalue weighted by Gasteiger charge is 2.16. The molecule has 0 saturated carbocycles. The van der Waals surface area contributed by atoms with Crippen LogP contribution in [-0.4, -0.2) is 35.5 Å². The fourth-order valence-electron chi connectivity index (χ4n) is 1.52. The lowest BCUT2D eigenvalue weighted by molar-refractivity contribution is -0.137. The molecule has 0 aliphatic carbocycles. The second kappa shape index (κ2) is 5.87. The van der Waals surface area contributed by atoms with Crippen molar-refractivity contribution in [1.29, 1.82) is 0 Å². The molecule has 0 radical (unpaired) electrons.